The SMILES string of the molecule is C[C@H](CCCc1cccnc1)NC(=O)c1ccc(-c2ccc(F)cc2)c(-c2ccc(F)cc2)c1. The molecule has 0 aliphatic rings. The van der Waals surface area contributed by atoms with Gasteiger partial charge in [-0.3, -0.25) is 9.78 Å². The molecule has 0 fully saturated rings. The average Bonchev–Trinajstić information content (AvgIpc) is 2.85. The minimum Gasteiger partial charge on any atom is -0.350 e. The van der Waals surface area contributed by atoms with Crippen molar-refractivity contribution in [3.05, 3.63) is 114 Å². The van der Waals surface area contributed by atoms with Crippen molar-refractivity contribution in [2.45, 2.75) is 32.2 Å². The molecule has 5 heteroatoms. The van der Waals surface area contributed by atoms with Gasteiger partial charge in [0.05, 0.1) is 0 Å². The summed E-state index contributed by atoms with van der Waals surface area (Å²) in [5, 5.41) is 3.07. The zero-order valence-electron chi connectivity index (χ0n) is 19.0. The van der Waals surface area contributed by atoms with Gasteiger partial charge in [-0.25, -0.2) is 8.78 Å². The Bertz CT molecular complexity index is 1240. The molecule has 0 spiro atoms. The maximum absolute atomic E-state index is 13.5. The van der Waals surface area contributed by atoms with E-state index in [4.69, 9.17) is 0 Å². The number of nitrogens with one attached hydrogen (secondary N) is 1. The summed E-state index contributed by atoms with van der Waals surface area (Å²) in [6.07, 6.45) is 6.32. The quantitative estimate of drug-likeness (QED) is 0.316. The number of hydrogen-bond acceptors (Lipinski definition) is 2. The molecule has 0 radical (unpaired) electrons. The number of benzene rings is 3. The van der Waals surface area contributed by atoms with Gasteiger partial charge in [0.15, 0.2) is 0 Å². The second-order valence-corrected chi connectivity index (χ2v) is 8.40. The highest BCUT2D eigenvalue weighted by Gasteiger charge is 2.15. The van der Waals surface area contributed by atoms with Crippen molar-refractivity contribution < 1.29 is 13.6 Å². The summed E-state index contributed by atoms with van der Waals surface area (Å²) in [6.45, 7) is 1.99. The third-order valence-electron chi connectivity index (χ3n) is 5.80. The van der Waals surface area contributed by atoms with Gasteiger partial charge >= 0.3 is 0 Å². The molecule has 34 heavy (non-hydrogen) atoms. The summed E-state index contributed by atoms with van der Waals surface area (Å²) in [6, 6.07) is 21.8. The summed E-state index contributed by atoms with van der Waals surface area (Å²) in [5.74, 6) is -0.815. The first-order valence-electron chi connectivity index (χ1n) is 11.4. The fourth-order valence-electron chi connectivity index (χ4n) is 3.97. The van der Waals surface area contributed by atoms with Crippen LogP contribution in [0.4, 0.5) is 8.78 Å². The summed E-state index contributed by atoms with van der Waals surface area (Å²) < 4.78 is 27.0. The van der Waals surface area contributed by atoms with Crippen LogP contribution in [-0.4, -0.2) is 16.9 Å². The molecule has 1 aromatic heterocycles. The van der Waals surface area contributed by atoms with E-state index < -0.39 is 0 Å². The monoisotopic (exact) mass is 456 g/mol. The van der Waals surface area contributed by atoms with E-state index in [2.05, 4.69) is 16.4 Å². The van der Waals surface area contributed by atoms with Crippen molar-refractivity contribution in [1.82, 2.24) is 10.3 Å². The van der Waals surface area contributed by atoms with Gasteiger partial charge in [-0.05, 0) is 96.5 Å². The van der Waals surface area contributed by atoms with E-state index in [1.807, 2.05) is 31.3 Å². The normalized spacial score (nSPS) is 11.7. The molecule has 0 saturated heterocycles. The van der Waals surface area contributed by atoms with Gasteiger partial charge in [0.1, 0.15) is 11.6 Å². The number of amides is 1. The molecule has 0 aliphatic carbocycles. The van der Waals surface area contributed by atoms with E-state index in [1.165, 1.54) is 29.8 Å². The van der Waals surface area contributed by atoms with Crippen molar-refractivity contribution in [1.29, 1.82) is 0 Å². The highest BCUT2D eigenvalue weighted by Crippen LogP contribution is 2.33. The van der Waals surface area contributed by atoms with E-state index >= 15 is 0 Å². The van der Waals surface area contributed by atoms with E-state index in [-0.39, 0.29) is 23.6 Å². The maximum atomic E-state index is 13.5. The molecule has 1 N–H and O–H groups in total. The van der Waals surface area contributed by atoms with Crippen LogP contribution in [-0.2, 0) is 6.42 Å². The molecule has 0 saturated carbocycles. The lowest BCUT2D eigenvalue weighted by Crippen LogP contribution is -2.32. The Labute approximate surface area is 198 Å². The summed E-state index contributed by atoms with van der Waals surface area (Å²) in [5.41, 5.74) is 4.91. The molecule has 3 nitrogen and oxygen atoms in total. The van der Waals surface area contributed by atoms with Crippen LogP contribution in [0.5, 0.6) is 0 Å². The van der Waals surface area contributed by atoms with E-state index in [9.17, 15) is 13.6 Å². The third kappa shape index (κ3) is 5.93. The zero-order chi connectivity index (χ0) is 23.9. The average molecular weight is 457 g/mol. The minimum atomic E-state index is -0.332. The third-order valence-corrected chi connectivity index (χ3v) is 5.80. The molecule has 0 aliphatic heterocycles. The second kappa shape index (κ2) is 10.8. The summed E-state index contributed by atoms with van der Waals surface area (Å²) >= 11 is 0. The predicted molar refractivity (Wildman–Crippen MR) is 131 cm³/mol. The fourth-order valence-corrected chi connectivity index (χ4v) is 3.97. The summed E-state index contributed by atoms with van der Waals surface area (Å²) in [7, 11) is 0. The number of aryl methyl sites for hydroxylation is 1. The molecule has 4 aromatic rings. The van der Waals surface area contributed by atoms with Crippen molar-refractivity contribution >= 4 is 5.91 Å². The number of rotatable bonds is 8. The number of halogens is 2. The van der Waals surface area contributed by atoms with Gasteiger partial charge in [-0.1, -0.05) is 36.4 Å². The van der Waals surface area contributed by atoms with Gasteiger partial charge in [-0.2, -0.15) is 0 Å². The molecule has 0 bridgehead atoms. The lowest BCUT2D eigenvalue weighted by atomic mass is 9.92. The zero-order valence-corrected chi connectivity index (χ0v) is 19.0. The van der Waals surface area contributed by atoms with Gasteiger partial charge < -0.3 is 5.32 Å². The van der Waals surface area contributed by atoms with E-state index in [0.717, 1.165) is 41.5 Å². The molecule has 1 heterocycles. The van der Waals surface area contributed by atoms with Crippen LogP contribution >= 0.6 is 0 Å². The van der Waals surface area contributed by atoms with Crippen LogP contribution in [0, 0.1) is 11.6 Å². The van der Waals surface area contributed by atoms with Gasteiger partial charge in [0, 0.05) is 24.0 Å². The first-order chi connectivity index (χ1) is 16.5. The fraction of sp³-hybridized carbons (Fsp3) is 0.172. The van der Waals surface area contributed by atoms with Gasteiger partial charge in [-0.15, -0.1) is 0 Å². The van der Waals surface area contributed by atoms with Crippen LogP contribution in [0.2, 0.25) is 0 Å². The Morgan fingerprint density at radius 2 is 1.53 bits per heavy atom. The highest BCUT2D eigenvalue weighted by atomic mass is 19.1. The van der Waals surface area contributed by atoms with Crippen LogP contribution < -0.4 is 5.32 Å². The van der Waals surface area contributed by atoms with Crippen LogP contribution in [0.1, 0.15) is 35.7 Å². The second-order valence-electron chi connectivity index (χ2n) is 8.40. The van der Waals surface area contributed by atoms with Crippen molar-refractivity contribution in [3.63, 3.8) is 0 Å². The maximum Gasteiger partial charge on any atom is 0.251 e. The minimum absolute atomic E-state index is 0.00946. The Morgan fingerprint density at radius 1 is 0.882 bits per heavy atom. The van der Waals surface area contributed by atoms with E-state index in [1.54, 1.807) is 36.5 Å². The Morgan fingerprint density at radius 3 is 2.15 bits per heavy atom. The van der Waals surface area contributed by atoms with Crippen molar-refractivity contribution in [3.8, 4) is 22.3 Å². The Balaban J connectivity index is 1.52. The number of aromatic nitrogens is 1. The molecular weight excluding hydrogens is 430 g/mol. The lowest BCUT2D eigenvalue weighted by Gasteiger charge is -2.16. The van der Waals surface area contributed by atoms with Crippen molar-refractivity contribution in [2.24, 2.45) is 0 Å². The van der Waals surface area contributed by atoms with Gasteiger partial charge in [0.25, 0.3) is 5.91 Å². The smallest absolute Gasteiger partial charge is 0.251 e. The number of pyridine rings is 1. The topological polar surface area (TPSA) is 42.0 Å². The Hall–Kier alpha value is -3.86. The predicted octanol–water partition coefficient (Wildman–Crippen LogP) is 6.84. The van der Waals surface area contributed by atoms with Crippen LogP contribution in [0.3, 0.4) is 0 Å². The van der Waals surface area contributed by atoms with E-state index in [0.29, 0.717) is 5.56 Å². The molecule has 1 amide bonds. The van der Waals surface area contributed by atoms with Gasteiger partial charge in [0.2, 0.25) is 0 Å². The first-order valence-corrected chi connectivity index (χ1v) is 11.4. The number of carbonyl (C=O) groups excluding carboxylic acids is 1. The Kier molecular flexibility index (Phi) is 7.43. The molecule has 4 rings (SSSR count). The standard InChI is InChI=1S/C29H26F2N2O/c1-20(4-2-5-21-6-3-17-32-19-21)33-29(34)24-11-16-27(22-7-12-25(30)13-8-22)28(18-24)23-9-14-26(31)15-10-23/h3,6-20H,2,4-5H2,1H3,(H,33,34)/t20-/m1/s1. The molecular formula is C29H26F2N2O. The lowest BCUT2D eigenvalue weighted by molar-refractivity contribution is 0.0938. The number of nitrogens with zero attached hydrogens (tertiary/aromatic N) is 1. The highest BCUT2D eigenvalue weighted by molar-refractivity contribution is 5.98. The molecule has 3 aromatic carbocycles. The largest absolute Gasteiger partial charge is 0.350 e. The van der Waals surface area contributed by atoms with Crippen LogP contribution in [0.15, 0.2) is 91.3 Å². The number of hydrogen-bond donors (Lipinski definition) is 1. The van der Waals surface area contributed by atoms with Crippen LogP contribution in [0.25, 0.3) is 22.3 Å². The molecule has 0 unspecified atom stereocenters. The first kappa shape index (κ1) is 23.3. The molecule has 172 valence electrons. The number of carbonyl (C=O) groups is 1. The summed E-state index contributed by atoms with van der Waals surface area (Å²) in [4.78, 5) is 17.1. The molecule has 1 atom stereocenters. The van der Waals surface area contributed by atoms with Crippen molar-refractivity contribution in [2.75, 3.05) is 0 Å².